The summed E-state index contributed by atoms with van der Waals surface area (Å²) in [6, 6.07) is 1.61. The lowest BCUT2D eigenvalue weighted by Gasteiger charge is -2.26. The van der Waals surface area contributed by atoms with Gasteiger partial charge in [0.15, 0.2) is 4.67 Å². The van der Waals surface area contributed by atoms with Crippen LogP contribution in [0.3, 0.4) is 0 Å². The molecule has 1 aliphatic carbocycles. The minimum atomic E-state index is -3.52. The van der Waals surface area contributed by atoms with Crippen molar-refractivity contribution in [3.63, 3.8) is 0 Å². The maximum atomic E-state index is 12.7. The number of sulfonamides is 1. The first kappa shape index (κ1) is 15.4. The minimum Gasteiger partial charge on any atom is -0.452 e. The van der Waals surface area contributed by atoms with E-state index in [2.05, 4.69) is 15.9 Å². The van der Waals surface area contributed by atoms with Crippen LogP contribution in [-0.2, 0) is 15.9 Å². The van der Waals surface area contributed by atoms with Crippen LogP contribution in [0, 0.1) is 0 Å². The summed E-state index contributed by atoms with van der Waals surface area (Å²) in [5.41, 5.74) is 0. The van der Waals surface area contributed by atoms with E-state index in [1.807, 2.05) is 6.92 Å². The van der Waals surface area contributed by atoms with E-state index < -0.39 is 10.0 Å². The van der Waals surface area contributed by atoms with Gasteiger partial charge in [-0.1, -0.05) is 19.8 Å². The molecule has 4 nitrogen and oxygen atoms in total. The molecule has 1 heterocycles. The number of hydrogen-bond donors (Lipinski definition) is 0. The van der Waals surface area contributed by atoms with Crippen molar-refractivity contribution in [1.82, 2.24) is 4.31 Å². The van der Waals surface area contributed by atoms with Crippen LogP contribution in [0.1, 0.15) is 38.4 Å². The SMILES string of the molecule is CCN(C1CCCC1)S(=O)(=O)c1cc(CCl)oc1Br. The highest BCUT2D eigenvalue weighted by Crippen LogP contribution is 2.33. The molecule has 0 N–H and O–H groups in total. The van der Waals surface area contributed by atoms with E-state index in [9.17, 15) is 8.42 Å². The van der Waals surface area contributed by atoms with E-state index >= 15 is 0 Å². The second kappa shape index (κ2) is 6.16. The third-order valence-electron chi connectivity index (χ3n) is 3.47. The average molecular weight is 371 g/mol. The Morgan fingerprint density at radius 1 is 1.47 bits per heavy atom. The highest BCUT2D eigenvalue weighted by Gasteiger charge is 2.34. The van der Waals surface area contributed by atoms with Crippen molar-refractivity contribution in [2.45, 2.75) is 49.4 Å². The van der Waals surface area contributed by atoms with E-state index in [0.29, 0.717) is 12.3 Å². The Bertz CT molecular complexity index is 537. The molecule has 0 saturated heterocycles. The van der Waals surface area contributed by atoms with Crippen LogP contribution in [0.25, 0.3) is 0 Å². The largest absolute Gasteiger partial charge is 0.452 e. The summed E-state index contributed by atoms with van der Waals surface area (Å²) < 4.78 is 32.5. The monoisotopic (exact) mass is 369 g/mol. The molecule has 1 aliphatic rings. The molecular formula is C12H17BrClNO3S. The van der Waals surface area contributed by atoms with E-state index in [1.165, 1.54) is 6.07 Å². The molecule has 0 aliphatic heterocycles. The van der Waals surface area contributed by atoms with Gasteiger partial charge in [0.1, 0.15) is 10.7 Å². The van der Waals surface area contributed by atoms with E-state index in [4.69, 9.17) is 16.0 Å². The fourth-order valence-electron chi connectivity index (χ4n) is 2.58. The molecule has 0 amide bonds. The van der Waals surface area contributed by atoms with Crippen LogP contribution < -0.4 is 0 Å². The lowest BCUT2D eigenvalue weighted by atomic mass is 10.2. The quantitative estimate of drug-likeness (QED) is 0.742. The molecule has 0 radical (unpaired) electrons. The van der Waals surface area contributed by atoms with Crippen molar-refractivity contribution >= 4 is 37.6 Å². The third-order valence-corrected chi connectivity index (χ3v) is 6.62. The standard InChI is InChI=1S/C12H17BrClNO3S/c1-2-15(9-5-3-4-6-9)19(16,17)11-7-10(8-14)18-12(11)13/h7,9H,2-6,8H2,1H3. The molecule has 0 bridgehead atoms. The Morgan fingerprint density at radius 2 is 2.11 bits per heavy atom. The topological polar surface area (TPSA) is 50.5 Å². The molecule has 1 aromatic heterocycles. The van der Waals surface area contributed by atoms with E-state index in [-0.39, 0.29) is 21.5 Å². The van der Waals surface area contributed by atoms with Gasteiger partial charge in [0.25, 0.3) is 0 Å². The zero-order chi connectivity index (χ0) is 14.0. The van der Waals surface area contributed by atoms with Gasteiger partial charge in [0, 0.05) is 18.7 Å². The lowest BCUT2D eigenvalue weighted by Crippen LogP contribution is -2.38. The summed E-state index contributed by atoms with van der Waals surface area (Å²) in [6.45, 7) is 2.34. The van der Waals surface area contributed by atoms with Crippen LogP contribution in [0.2, 0.25) is 0 Å². The van der Waals surface area contributed by atoms with Crippen LogP contribution in [0.5, 0.6) is 0 Å². The predicted molar refractivity (Wildman–Crippen MR) is 77.8 cm³/mol. The summed E-state index contributed by atoms with van der Waals surface area (Å²) in [6.07, 6.45) is 4.06. The fourth-order valence-corrected chi connectivity index (χ4v) is 5.37. The normalized spacial score (nSPS) is 17.5. The van der Waals surface area contributed by atoms with Crippen molar-refractivity contribution in [3.8, 4) is 0 Å². The van der Waals surface area contributed by atoms with Crippen molar-refractivity contribution in [1.29, 1.82) is 0 Å². The van der Waals surface area contributed by atoms with Gasteiger partial charge in [-0.15, -0.1) is 11.6 Å². The number of alkyl halides is 1. The van der Waals surface area contributed by atoms with Crippen LogP contribution in [0.4, 0.5) is 0 Å². The van der Waals surface area contributed by atoms with Gasteiger partial charge < -0.3 is 4.42 Å². The molecule has 2 rings (SSSR count). The van der Waals surface area contributed by atoms with Crippen molar-refractivity contribution in [3.05, 3.63) is 16.5 Å². The summed E-state index contributed by atoms with van der Waals surface area (Å²) in [4.78, 5) is 0.178. The predicted octanol–water partition coefficient (Wildman–Crippen LogP) is 3.73. The van der Waals surface area contributed by atoms with Gasteiger partial charge in [-0.25, -0.2) is 8.42 Å². The second-order valence-corrected chi connectivity index (χ2v) is 7.48. The smallest absolute Gasteiger partial charge is 0.247 e. The molecular weight excluding hydrogens is 354 g/mol. The Hall–Kier alpha value is -0.0400. The molecule has 1 saturated carbocycles. The zero-order valence-corrected chi connectivity index (χ0v) is 13.9. The average Bonchev–Trinajstić information content (AvgIpc) is 2.99. The van der Waals surface area contributed by atoms with Crippen molar-refractivity contribution in [2.75, 3.05) is 6.54 Å². The molecule has 19 heavy (non-hydrogen) atoms. The molecule has 1 aromatic rings. The van der Waals surface area contributed by atoms with Gasteiger partial charge in [0.2, 0.25) is 10.0 Å². The van der Waals surface area contributed by atoms with Gasteiger partial charge >= 0.3 is 0 Å². The Kier molecular flexibility index (Phi) is 4.98. The summed E-state index contributed by atoms with van der Waals surface area (Å²) in [7, 11) is -3.52. The molecule has 7 heteroatoms. The van der Waals surface area contributed by atoms with Crippen LogP contribution in [0.15, 0.2) is 20.0 Å². The Morgan fingerprint density at radius 3 is 2.58 bits per heavy atom. The van der Waals surface area contributed by atoms with Crippen LogP contribution in [-0.4, -0.2) is 25.3 Å². The van der Waals surface area contributed by atoms with E-state index in [1.54, 1.807) is 4.31 Å². The number of rotatable bonds is 5. The maximum Gasteiger partial charge on any atom is 0.247 e. The fraction of sp³-hybridized carbons (Fsp3) is 0.667. The first-order valence-electron chi connectivity index (χ1n) is 6.36. The molecule has 108 valence electrons. The number of hydrogen-bond acceptors (Lipinski definition) is 3. The van der Waals surface area contributed by atoms with Gasteiger partial charge in [-0.3, -0.25) is 0 Å². The second-order valence-electron chi connectivity index (χ2n) is 4.63. The molecule has 0 aromatic carbocycles. The van der Waals surface area contributed by atoms with Crippen molar-refractivity contribution < 1.29 is 12.8 Å². The summed E-state index contributed by atoms with van der Waals surface area (Å²) >= 11 is 8.85. The first-order chi connectivity index (χ1) is 9.00. The highest BCUT2D eigenvalue weighted by molar-refractivity contribution is 9.10. The lowest BCUT2D eigenvalue weighted by molar-refractivity contribution is 0.334. The first-order valence-corrected chi connectivity index (χ1v) is 9.13. The van der Waals surface area contributed by atoms with Gasteiger partial charge in [-0.2, -0.15) is 4.31 Å². The third kappa shape index (κ3) is 3.01. The molecule has 0 spiro atoms. The van der Waals surface area contributed by atoms with Crippen LogP contribution >= 0.6 is 27.5 Å². The minimum absolute atomic E-state index is 0.108. The van der Waals surface area contributed by atoms with E-state index in [0.717, 1.165) is 25.7 Å². The number of furan rings is 1. The number of nitrogens with zero attached hydrogens (tertiary/aromatic N) is 1. The molecule has 0 unspecified atom stereocenters. The number of halogens is 2. The zero-order valence-electron chi connectivity index (χ0n) is 10.7. The van der Waals surface area contributed by atoms with Crippen molar-refractivity contribution in [2.24, 2.45) is 0 Å². The van der Waals surface area contributed by atoms with Gasteiger partial charge in [-0.05, 0) is 28.8 Å². The molecule has 1 fully saturated rings. The maximum absolute atomic E-state index is 12.7. The Balaban J connectivity index is 2.36. The highest BCUT2D eigenvalue weighted by atomic mass is 79.9. The van der Waals surface area contributed by atoms with Gasteiger partial charge in [0.05, 0.1) is 5.88 Å². The Labute approximate surface area is 127 Å². The molecule has 0 atom stereocenters. The summed E-state index contributed by atoms with van der Waals surface area (Å²) in [5, 5.41) is 0. The summed E-state index contributed by atoms with van der Waals surface area (Å²) in [5.74, 6) is 0.610.